The van der Waals surface area contributed by atoms with E-state index >= 15 is 0 Å². The van der Waals surface area contributed by atoms with Crippen LogP contribution in [0.3, 0.4) is 0 Å². The molecule has 2 amide bonds. The van der Waals surface area contributed by atoms with Gasteiger partial charge in [0, 0.05) is 38.5 Å². The highest BCUT2D eigenvalue weighted by molar-refractivity contribution is 5.94. The average molecular weight is 665 g/mol. The maximum atomic E-state index is 12.9. The first kappa shape index (κ1) is 39.2. The SMILES string of the molecule is CN(C)CCN(C)c1cc(-c2cn[nH]c2)ccc1NC(=O)NC(CCO)c1ccccc1.O=C(O)C(F)(F)F.O=C(O)C(F)(F)F. The fourth-order valence-corrected chi connectivity index (χ4v) is 3.47. The van der Waals surface area contributed by atoms with Crippen LogP contribution in [0.5, 0.6) is 0 Å². The van der Waals surface area contributed by atoms with Crippen LogP contribution in [0.1, 0.15) is 18.0 Å². The molecule has 18 heteroatoms. The van der Waals surface area contributed by atoms with E-state index < -0.39 is 24.3 Å². The van der Waals surface area contributed by atoms with E-state index in [9.17, 15) is 36.2 Å². The monoisotopic (exact) mass is 664 g/mol. The predicted molar refractivity (Wildman–Crippen MR) is 156 cm³/mol. The molecule has 0 radical (unpaired) electrons. The summed E-state index contributed by atoms with van der Waals surface area (Å²) in [6.45, 7) is 1.66. The maximum absolute atomic E-state index is 12.9. The molecule has 46 heavy (non-hydrogen) atoms. The number of hydrogen-bond donors (Lipinski definition) is 6. The molecule has 0 bridgehead atoms. The van der Waals surface area contributed by atoms with Gasteiger partial charge in [-0.05, 0) is 43.8 Å². The number of aliphatic hydroxyl groups excluding tert-OH is 1. The molecule has 1 aromatic heterocycles. The minimum absolute atomic E-state index is 0.0161. The van der Waals surface area contributed by atoms with Crippen molar-refractivity contribution in [3.05, 3.63) is 66.5 Å². The van der Waals surface area contributed by atoms with Crippen molar-refractivity contribution in [2.75, 3.05) is 51.1 Å². The van der Waals surface area contributed by atoms with Crippen LogP contribution in [0, 0.1) is 0 Å². The molecule has 3 aromatic rings. The van der Waals surface area contributed by atoms with Crippen molar-refractivity contribution < 1.29 is 56.0 Å². The number of H-pyrrole nitrogens is 1. The van der Waals surface area contributed by atoms with Gasteiger partial charge in [0.2, 0.25) is 0 Å². The highest BCUT2D eigenvalue weighted by Gasteiger charge is 2.38. The van der Waals surface area contributed by atoms with Gasteiger partial charge in [-0.25, -0.2) is 14.4 Å². The van der Waals surface area contributed by atoms with Crippen LogP contribution in [0.25, 0.3) is 11.1 Å². The van der Waals surface area contributed by atoms with Crippen LogP contribution in [-0.4, -0.2) is 102 Å². The fourth-order valence-electron chi connectivity index (χ4n) is 3.47. The van der Waals surface area contributed by atoms with Gasteiger partial charge in [-0.3, -0.25) is 5.10 Å². The summed E-state index contributed by atoms with van der Waals surface area (Å²) in [5.41, 5.74) is 4.58. The average Bonchev–Trinajstić information content (AvgIpc) is 3.51. The topological polar surface area (TPSA) is 171 Å². The number of alkyl halides is 6. The van der Waals surface area contributed by atoms with Gasteiger partial charge >= 0.3 is 30.3 Å². The number of likely N-dealkylation sites (N-methyl/N-ethyl adjacent to an activating group) is 2. The number of aliphatic hydroxyl groups is 1. The van der Waals surface area contributed by atoms with Crippen molar-refractivity contribution >= 4 is 29.3 Å². The van der Waals surface area contributed by atoms with Crippen LogP contribution in [0.2, 0.25) is 0 Å². The number of nitrogens with zero attached hydrogens (tertiary/aromatic N) is 3. The molecule has 1 heterocycles. The first-order chi connectivity index (χ1) is 21.4. The third-order valence-corrected chi connectivity index (χ3v) is 5.78. The number of urea groups is 1. The Kier molecular flexibility index (Phi) is 15.5. The van der Waals surface area contributed by atoms with Crippen molar-refractivity contribution in [3.8, 4) is 11.1 Å². The smallest absolute Gasteiger partial charge is 0.475 e. The van der Waals surface area contributed by atoms with Gasteiger partial charge in [-0.1, -0.05) is 36.4 Å². The molecule has 6 N–H and O–H groups in total. The van der Waals surface area contributed by atoms with E-state index in [1.54, 1.807) is 6.20 Å². The van der Waals surface area contributed by atoms with Gasteiger partial charge in [0.25, 0.3) is 0 Å². The molecule has 0 fully saturated rings. The van der Waals surface area contributed by atoms with E-state index in [2.05, 4.69) is 36.7 Å². The zero-order valence-corrected chi connectivity index (χ0v) is 24.9. The van der Waals surface area contributed by atoms with Crippen molar-refractivity contribution in [2.24, 2.45) is 0 Å². The van der Waals surface area contributed by atoms with Crippen molar-refractivity contribution in [1.82, 2.24) is 20.4 Å². The summed E-state index contributed by atoms with van der Waals surface area (Å²) < 4.78 is 63.5. The largest absolute Gasteiger partial charge is 0.490 e. The van der Waals surface area contributed by atoms with Crippen LogP contribution >= 0.6 is 0 Å². The van der Waals surface area contributed by atoms with E-state index in [4.69, 9.17) is 19.8 Å². The van der Waals surface area contributed by atoms with E-state index in [0.717, 1.165) is 35.5 Å². The number of carbonyl (C=O) groups excluding carboxylic acids is 1. The van der Waals surface area contributed by atoms with Crippen LogP contribution in [-0.2, 0) is 9.59 Å². The summed E-state index contributed by atoms with van der Waals surface area (Å²) >= 11 is 0. The number of aromatic nitrogens is 2. The van der Waals surface area contributed by atoms with E-state index in [0.29, 0.717) is 12.1 Å². The Hall–Kier alpha value is -4.84. The Bertz CT molecular complexity index is 1350. The molecule has 0 aliphatic carbocycles. The minimum atomic E-state index is -5.08. The molecule has 0 aliphatic heterocycles. The Labute approximate surface area is 259 Å². The molecule has 2 aromatic carbocycles. The quantitative estimate of drug-likeness (QED) is 0.170. The fraction of sp³-hybridized carbons (Fsp3) is 0.357. The molecular weight excluding hydrogens is 630 g/mol. The lowest BCUT2D eigenvalue weighted by atomic mass is 10.0. The number of aromatic amines is 1. The number of carbonyl (C=O) groups is 3. The Morgan fingerprint density at radius 1 is 0.891 bits per heavy atom. The molecule has 1 unspecified atom stereocenters. The molecule has 3 rings (SSSR count). The zero-order valence-electron chi connectivity index (χ0n) is 24.9. The van der Waals surface area contributed by atoms with Crippen molar-refractivity contribution in [2.45, 2.75) is 24.8 Å². The van der Waals surface area contributed by atoms with Crippen molar-refractivity contribution in [3.63, 3.8) is 0 Å². The van der Waals surface area contributed by atoms with Gasteiger partial charge in [-0.2, -0.15) is 31.4 Å². The number of carboxylic acid groups (broad SMARTS) is 2. The molecule has 0 aliphatic rings. The second-order valence-corrected chi connectivity index (χ2v) is 9.62. The third-order valence-electron chi connectivity index (χ3n) is 5.78. The predicted octanol–water partition coefficient (Wildman–Crippen LogP) is 4.59. The Morgan fingerprint density at radius 3 is 1.91 bits per heavy atom. The van der Waals surface area contributed by atoms with Crippen LogP contribution in [0.4, 0.5) is 42.5 Å². The normalized spacial score (nSPS) is 11.7. The molecular formula is C28H34F6N6O6. The number of benzene rings is 2. The van der Waals surface area contributed by atoms with Gasteiger partial charge in [0.1, 0.15) is 0 Å². The van der Waals surface area contributed by atoms with Gasteiger partial charge in [0.15, 0.2) is 0 Å². The number of aliphatic carboxylic acids is 2. The summed E-state index contributed by atoms with van der Waals surface area (Å²) in [6.07, 6.45) is -6.11. The number of amides is 2. The number of anilines is 2. The molecule has 254 valence electrons. The van der Waals surface area contributed by atoms with Gasteiger partial charge in [0.05, 0.1) is 23.6 Å². The van der Waals surface area contributed by atoms with E-state index in [-0.39, 0.29) is 18.7 Å². The highest BCUT2D eigenvalue weighted by atomic mass is 19.4. The molecule has 0 spiro atoms. The lowest BCUT2D eigenvalue weighted by Gasteiger charge is -2.25. The summed E-state index contributed by atoms with van der Waals surface area (Å²) in [6, 6.07) is 15.0. The zero-order chi connectivity index (χ0) is 35.1. The first-order valence-electron chi connectivity index (χ1n) is 13.2. The van der Waals surface area contributed by atoms with E-state index in [1.165, 1.54) is 0 Å². The molecule has 0 saturated heterocycles. The number of rotatable bonds is 10. The molecule has 12 nitrogen and oxygen atoms in total. The molecule has 0 saturated carbocycles. The summed E-state index contributed by atoms with van der Waals surface area (Å²) in [7, 11) is 6.08. The molecule has 1 atom stereocenters. The number of hydrogen-bond acceptors (Lipinski definition) is 7. The summed E-state index contributed by atoms with van der Waals surface area (Å²) in [4.78, 5) is 34.9. The minimum Gasteiger partial charge on any atom is -0.475 e. The van der Waals surface area contributed by atoms with Gasteiger partial charge in [-0.15, -0.1) is 0 Å². The number of nitrogens with one attached hydrogen (secondary N) is 3. The highest BCUT2D eigenvalue weighted by Crippen LogP contribution is 2.31. The van der Waals surface area contributed by atoms with Gasteiger partial charge < -0.3 is 35.8 Å². The number of carboxylic acids is 2. The van der Waals surface area contributed by atoms with Crippen LogP contribution < -0.4 is 15.5 Å². The standard InChI is InChI=1S/C24H32N6O2.2C2HF3O2/c1-29(2)12-13-30(3)23-15-19(20-16-25-26-17-20)9-10-22(23)28-24(32)27-21(11-14-31)18-7-5-4-6-8-18;2*3-2(4,5)1(6)7/h4-10,15-17,21,31H,11-14H2,1-3H3,(H,25,26)(H2,27,28,32);2*(H,6,7). The summed E-state index contributed by atoms with van der Waals surface area (Å²) in [5.74, 6) is -5.51. The Balaban J connectivity index is 0.000000629. The second kappa shape index (κ2) is 18.2. The maximum Gasteiger partial charge on any atom is 0.490 e. The van der Waals surface area contributed by atoms with E-state index in [1.807, 2.05) is 69.8 Å². The lowest BCUT2D eigenvalue weighted by Crippen LogP contribution is -2.34. The lowest BCUT2D eigenvalue weighted by molar-refractivity contribution is -0.193. The van der Waals surface area contributed by atoms with Crippen molar-refractivity contribution in [1.29, 1.82) is 0 Å². The third kappa shape index (κ3) is 14.3. The second-order valence-electron chi connectivity index (χ2n) is 9.62. The number of halogens is 6. The summed E-state index contributed by atoms with van der Waals surface area (Å²) in [5, 5.41) is 36.6. The Morgan fingerprint density at radius 2 is 1.46 bits per heavy atom. The first-order valence-corrected chi connectivity index (χ1v) is 13.2. The van der Waals surface area contributed by atoms with Crippen LogP contribution in [0.15, 0.2) is 60.9 Å².